The molecular formula is C24H26N6O2. The van der Waals surface area contributed by atoms with Crippen LogP contribution < -0.4 is 5.62 Å². The van der Waals surface area contributed by atoms with Crippen LogP contribution in [0.15, 0.2) is 53.9 Å². The number of aliphatic hydroxyl groups excluding tert-OH is 1. The molecule has 1 aliphatic rings. The lowest BCUT2D eigenvalue weighted by atomic mass is 9.93. The Labute approximate surface area is 185 Å². The van der Waals surface area contributed by atoms with Gasteiger partial charge in [0.2, 0.25) is 5.62 Å². The summed E-state index contributed by atoms with van der Waals surface area (Å²) >= 11 is 0. The van der Waals surface area contributed by atoms with Crippen LogP contribution in [0.25, 0.3) is 22.3 Å². The largest absolute Gasteiger partial charge is 0.393 e. The number of carbonyl (C=O) groups excluding carboxylic acids is 1. The molecule has 0 atom stereocenters. The number of carbonyl (C=O) groups is 1. The van der Waals surface area contributed by atoms with Crippen LogP contribution in [0.4, 0.5) is 0 Å². The van der Waals surface area contributed by atoms with Gasteiger partial charge in [0.15, 0.2) is 0 Å². The number of hydrogen-bond donors (Lipinski definition) is 2. The minimum Gasteiger partial charge on any atom is -0.393 e. The van der Waals surface area contributed by atoms with E-state index in [1.165, 1.54) is 0 Å². The van der Waals surface area contributed by atoms with E-state index < -0.39 is 0 Å². The summed E-state index contributed by atoms with van der Waals surface area (Å²) in [5.74, 6) is -0.328. The quantitative estimate of drug-likeness (QED) is 0.521. The normalized spacial score (nSPS) is 19.5. The molecule has 1 saturated carbocycles. The van der Waals surface area contributed by atoms with Crippen LogP contribution in [0, 0.1) is 6.92 Å². The number of H-pyrrole nitrogens is 1. The van der Waals surface area contributed by atoms with Gasteiger partial charge in [0.25, 0.3) is 5.91 Å². The highest BCUT2D eigenvalue weighted by molar-refractivity contribution is 5.95. The summed E-state index contributed by atoms with van der Waals surface area (Å²) in [6.45, 7) is 2.04. The summed E-state index contributed by atoms with van der Waals surface area (Å²) in [5, 5.41) is 14.1. The van der Waals surface area contributed by atoms with Gasteiger partial charge in [0.1, 0.15) is 0 Å². The van der Waals surface area contributed by atoms with E-state index in [4.69, 9.17) is 0 Å². The maximum absolute atomic E-state index is 13.1. The van der Waals surface area contributed by atoms with Crippen LogP contribution in [-0.4, -0.2) is 41.4 Å². The standard InChI is InChI=1S/C24H26N6O2/c1-15-3-8-22-21(11-15)27-24(30(22)18-4-6-19(31)7-5-18)28-23(32)16-9-10-25-20(12-16)17-13-26-29(2)14-17/h3,8-14,18-19,31H,4-7H2,1-2H3,(H,27,28,32)/t18-,19+. The van der Waals surface area contributed by atoms with E-state index >= 15 is 0 Å². The number of nitrogens with one attached hydrogen (secondary N) is 1. The van der Waals surface area contributed by atoms with Crippen LogP contribution in [-0.2, 0) is 7.05 Å². The summed E-state index contributed by atoms with van der Waals surface area (Å²) < 4.78 is 3.83. The number of pyridine rings is 1. The van der Waals surface area contributed by atoms with Gasteiger partial charge >= 0.3 is 0 Å². The molecule has 32 heavy (non-hydrogen) atoms. The second-order valence-electron chi connectivity index (χ2n) is 8.55. The molecule has 1 aliphatic carbocycles. The fraction of sp³-hybridized carbons (Fsp3) is 0.333. The van der Waals surface area contributed by atoms with Crippen molar-refractivity contribution in [3.63, 3.8) is 0 Å². The molecule has 0 bridgehead atoms. The van der Waals surface area contributed by atoms with E-state index in [1.807, 2.05) is 20.2 Å². The summed E-state index contributed by atoms with van der Waals surface area (Å²) in [7, 11) is 1.84. The van der Waals surface area contributed by atoms with Gasteiger partial charge in [-0.15, -0.1) is 0 Å². The highest BCUT2D eigenvalue weighted by Crippen LogP contribution is 2.30. The fourth-order valence-corrected chi connectivity index (χ4v) is 4.46. The van der Waals surface area contributed by atoms with Crippen molar-refractivity contribution in [1.29, 1.82) is 0 Å². The fourth-order valence-electron chi connectivity index (χ4n) is 4.46. The van der Waals surface area contributed by atoms with E-state index in [1.54, 1.807) is 29.2 Å². The van der Waals surface area contributed by atoms with Gasteiger partial charge in [-0.05, 0) is 62.4 Å². The van der Waals surface area contributed by atoms with E-state index in [0.717, 1.165) is 47.8 Å². The first-order valence-electron chi connectivity index (χ1n) is 10.9. The van der Waals surface area contributed by atoms with Crippen molar-refractivity contribution in [2.45, 2.75) is 44.8 Å². The number of aryl methyl sites for hydroxylation is 2. The lowest BCUT2D eigenvalue weighted by molar-refractivity contribution is 0.0990. The molecule has 0 unspecified atom stereocenters. The van der Waals surface area contributed by atoms with Gasteiger partial charge in [-0.1, -0.05) is 6.07 Å². The predicted octanol–water partition coefficient (Wildman–Crippen LogP) is 3.29. The maximum atomic E-state index is 13.1. The number of aromatic amines is 1. The van der Waals surface area contributed by atoms with Crippen LogP contribution in [0.2, 0.25) is 0 Å². The smallest absolute Gasteiger partial charge is 0.280 e. The monoisotopic (exact) mass is 430 g/mol. The topological polar surface area (TPSA) is 101 Å². The third-order valence-electron chi connectivity index (χ3n) is 6.13. The molecule has 1 fully saturated rings. The highest BCUT2D eigenvalue weighted by Gasteiger charge is 2.23. The SMILES string of the molecule is Cc1ccc2c(c1)[nH]/c(=N\C(=O)c1ccnc(-c3cnn(C)c3)c1)n2[C@H]1CC[C@@H](O)CC1. The van der Waals surface area contributed by atoms with Crippen LogP contribution in [0.3, 0.4) is 0 Å². The van der Waals surface area contributed by atoms with Crippen LogP contribution >= 0.6 is 0 Å². The molecule has 5 rings (SSSR count). The van der Waals surface area contributed by atoms with Crippen molar-refractivity contribution in [1.82, 2.24) is 24.3 Å². The molecule has 3 aromatic heterocycles. The Kier molecular flexibility index (Phi) is 5.22. The zero-order chi connectivity index (χ0) is 22.2. The summed E-state index contributed by atoms with van der Waals surface area (Å²) in [5.41, 5.74) is 5.65. The number of amides is 1. The Bertz CT molecular complexity index is 1350. The van der Waals surface area contributed by atoms with Gasteiger partial charge < -0.3 is 14.7 Å². The molecule has 1 amide bonds. The molecule has 8 nitrogen and oxygen atoms in total. The molecule has 3 heterocycles. The van der Waals surface area contributed by atoms with E-state index in [2.05, 4.69) is 42.8 Å². The molecule has 2 N–H and O–H groups in total. The second kappa shape index (κ2) is 8.20. The van der Waals surface area contributed by atoms with Crippen molar-refractivity contribution in [3.05, 3.63) is 65.7 Å². The van der Waals surface area contributed by atoms with Gasteiger partial charge in [-0.3, -0.25) is 14.5 Å². The van der Waals surface area contributed by atoms with Crippen molar-refractivity contribution in [2.75, 3.05) is 0 Å². The Balaban J connectivity index is 1.57. The van der Waals surface area contributed by atoms with Crippen LogP contribution in [0.5, 0.6) is 0 Å². The minimum atomic E-state index is -0.328. The first kappa shape index (κ1) is 20.4. The highest BCUT2D eigenvalue weighted by atomic mass is 16.3. The third-order valence-corrected chi connectivity index (χ3v) is 6.13. The zero-order valence-electron chi connectivity index (χ0n) is 18.2. The molecule has 164 valence electrons. The lowest BCUT2D eigenvalue weighted by Gasteiger charge is -2.27. The number of hydrogen-bond acceptors (Lipinski definition) is 4. The molecule has 0 saturated heterocycles. The van der Waals surface area contributed by atoms with Crippen molar-refractivity contribution in [2.24, 2.45) is 12.0 Å². The van der Waals surface area contributed by atoms with Gasteiger partial charge in [-0.25, -0.2) is 0 Å². The molecule has 1 aromatic carbocycles. The van der Waals surface area contributed by atoms with Crippen molar-refractivity contribution in [3.8, 4) is 11.3 Å². The van der Waals surface area contributed by atoms with Gasteiger partial charge in [-0.2, -0.15) is 10.1 Å². The Morgan fingerprint density at radius 3 is 2.75 bits per heavy atom. The molecular weight excluding hydrogens is 404 g/mol. The van der Waals surface area contributed by atoms with Gasteiger partial charge in [0, 0.05) is 36.6 Å². The lowest BCUT2D eigenvalue weighted by Crippen LogP contribution is -2.29. The third kappa shape index (κ3) is 3.89. The number of rotatable bonds is 3. The van der Waals surface area contributed by atoms with Gasteiger partial charge in [0.05, 0.1) is 29.0 Å². The number of aromatic nitrogens is 5. The molecule has 8 heteroatoms. The van der Waals surface area contributed by atoms with E-state index in [9.17, 15) is 9.90 Å². The molecule has 0 aliphatic heterocycles. The van der Waals surface area contributed by atoms with Crippen LogP contribution in [0.1, 0.15) is 47.6 Å². The predicted molar refractivity (Wildman–Crippen MR) is 121 cm³/mol. The van der Waals surface area contributed by atoms with Crippen molar-refractivity contribution >= 4 is 16.9 Å². The first-order valence-corrected chi connectivity index (χ1v) is 10.9. The summed E-state index contributed by atoms with van der Waals surface area (Å²) in [4.78, 5) is 25.4. The number of nitrogens with zero attached hydrogens (tertiary/aromatic N) is 5. The Morgan fingerprint density at radius 1 is 1.19 bits per heavy atom. The number of imidazole rings is 1. The molecule has 0 radical (unpaired) electrons. The zero-order valence-corrected chi connectivity index (χ0v) is 18.2. The van der Waals surface area contributed by atoms with E-state index in [0.29, 0.717) is 16.9 Å². The summed E-state index contributed by atoms with van der Waals surface area (Å²) in [6.07, 6.45) is 8.16. The average molecular weight is 431 g/mol. The minimum absolute atomic E-state index is 0.185. The average Bonchev–Trinajstić information content (AvgIpc) is 3.37. The summed E-state index contributed by atoms with van der Waals surface area (Å²) in [6, 6.07) is 9.82. The Morgan fingerprint density at radius 2 is 2.00 bits per heavy atom. The Hall–Kier alpha value is -3.52. The first-order chi connectivity index (χ1) is 15.5. The molecule has 0 spiro atoms. The number of fused-ring (bicyclic) bond motifs is 1. The second-order valence-corrected chi connectivity index (χ2v) is 8.55. The number of aliphatic hydroxyl groups is 1. The molecule has 4 aromatic rings. The maximum Gasteiger partial charge on any atom is 0.280 e. The van der Waals surface area contributed by atoms with E-state index in [-0.39, 0.29) is 18.1 Å². The van der Waals surface area contributed by atoms with Crippen molar-refractivity contribution < 1.29 is 9.90 Å². The number of benzene rings is 1.